The van der Waals surface area contributed by atoms with Gasteiger partial charge in [-0.15, -0.1) is 10.2 Å². The molecule has 1 N–H and O–H groups in total. The zero-order valence-electron chi connectivity index (χ0n) is 14.1. The minimum Gasteiger partial charge on any atom is -0.504 e. The maximum absolute atomic E-state index is 13.7. The molecule has 9 heteroatoms. The zero-order chi connectivity index (χ0) is 18.4. The van der Waals surface area contributed by atoms with Gasteiger partial charge in [-0.05, 0) is 32.9 Å². The second kappa shape index (κ2) is 6.18. The third-order valence-corrected chi connectivity index (χ3v) is 3.97. The van der Waals surface area contributed by atoms with Crippen molar-refractivity contribution in [2.24, 2.45) is 0 Å². The van der Waals surface area contributed by atoms with Gasteiger partial charge in [0.15, 0.2) is 23.2 Å². The van der Waals surface area contributed by atoms with Gasteiger partial charge in [0.25, 0.3) is 0 Å². The highest BCUT2D eigenvalue weighted by atomic mass is 35.5. The summed E-state index contributed by atoms with van der Waals surface area (Å²) in [6.45, 7) is 6.52. The molecule has 0 bridgehead atoms. The number of aromatic hydroxyl groups is 1. The van der Waals surface area contributed by atoms with Crippen molar-refractivity contribution < 1.29 is 19.0 Å². The third kappa shape index (κ3) is 3.53. The Balaban J connectivity index is 1.85. The molecule has 3 rings (SSSR count). The van der Waals surface area contributed by atoms with E-state index in [1.165, 1.54) is 6.07 Å². The zero-order valence-corrected chi connectivity index (χ0v) is 14.8. The number of aromatic nitrogens is 3. The van der Waals surface area contributed by atoms with E-state index in [1.807, 2.05) is 0 Å². The molecule has 2 aromatic rings. The quantitative estimate of drug-likeness (QED) is 0.836. The number of benzene rings is 1. The van der Waals surface area contributed by atoms with Crippen molar-refractivity contribution in [1.82, 2.24) is 19.7 Å². The van der Waals surface area contributed by atoms with Gasteiger partial charge in [0, 0.05) is 18.7 Å². The molecule has 0 spiro atoms. The molecular weight excluding hydrogens is 351 g/mol. The highest BCUT2D eigenvalue weighted by Crippen LogP contribution is 2.32. The van der Waals surface area contributed by atoms with E-state index < -0.39 is 23.3 Å². The van der Waals surface area contributed by atoms with Crippen LogP contribution in [0.15, 0.2) is 12.1 Å². The molecule has 0 unspecified atom stereocenters. The summed E-state index contributed by atoms with van der Waals surface area (Å²) in [5.74, 6) is -0.428. The Morgan fingerprint density at radius 2 is 2.04 bits per heavy atom. The highest BCUT2D eigenvalue weighted by molar-refractivity contribution is 6.32. The van der Waals surface area contributed by atoms with Crippen LogP contribution >= 0.6 is 11.6 Å². The van der Waals surface area contributed by atoms with E-state index in [2.05, 4.69) is 10.2 Å². The van der Waals surface area contributed by atoms with Crippen molar-refractivity contribution in [3.8, 4) is 17.1 Å². The molecule has 0 atom stereocenters. The summed E-state index contributed by atoms with van der Waals surface area (Å²) >= 11 is 5.83. The first-order valence-electron chi connectivity index (χ1n) is 7.74. The Labute approximate surface area is 149 Å². The summed E-state index contributed by atoms with van der Waals surface area (Å²) in [6, 6.07) is 2.58. The normalized spacial score (nSPS) is 14.4. The van der Waals surface area contributed by atoms with Gasteiger partial charge in [-0.3, -0.25) is 4.90 Å². The van der Waals surface area contributed by atoms with Crippen LogP contribution in [0, 0.1) is 5.82 Å². The predicted octanol–water partition coefficient (Wildman–Crippen LogP) is 3.19. The van der Waals surface area contributed by atoms with Crippen molar-refractivity contribution in [2.45, 2.75) is 39.5 Å². The largest absolute Gasteiger partial charge is 0.504 e. The van der Waals surface area contributed by atoms with Crippen molar-refractivity contribution in [2.75, 3.05) is 6.54 Å². The Morgan fingerprint density at radius 3 is 2.68 bits per heavy atom. The smallest absolute Gasteiger partial charge is 0.410 e. The fourth-order valence-corrected chi connectivity index (χ4v) is 2.76. The second-order valence-corrected chi connectivity index (χ2v) is 7.19. The highest BCUT2D eigenvalue weighted by Gasteiger charge is 2.28. The number of phenolic OH excluding ortho intramolecular Hbond substituents is 1. The Kier molecular flexibility index (Phi) is 4.32. The van der Waals surface area contributed by atoms with Crippen LogP contribution in [0.3, 0.4) is 0 Å². The molecule has 1 aromatic heterocycles. The first-order chi connectivity index (χ1) is 11.7. The van der Waals surface area contributed by atoms with E-state index in [-0.39, 0.29) is 11.6 Å². The molecule has 7 nitrogen and oxygen atoms in total. The Hall–Kier alpha value is -2.35. The van der Waals surface area contributed by atoms with Gasteiger partial charge >= 0.3 is 6.09 Å². The van der Waals surface area contributed by atoms with E-state index in [1.54, 1.807) is 30.2 Å². The van der Waals surface area contributed by atoms with Gasteiger partial charge in [0.1, 0.15) is 5.60 Å². The lowest BCUT2D eigenvalue weighted by molar-refractivity contribution is 0.0196. The SMILES string of the molecule is CC(C)(C)OC(=O)N1CCn2c(nnc2-c2cc(F)c(O)c(Cl)c2)C1. The number of carbonyl (C=O) groups excluding carboxylic acids is 1. The fourth-order valence-electron chi connectivity index (χ4n) is 2.55. The van der Waals surface area contributed by atoms with Gasteiger partial charge in [0.2, 0.25) is 0 Å². The van der Waals surface area contributed by atoms with Crippen LogP contribution in [0.2, 0.25) is 5.02 Å². The topological polar surface area (TPSA) is 80.5 Å². The fraction of sp³-hybridized carbons (Fsp3) is 0.438. The Morgan fingerprint density at radius 1 is 1.32 bits per heavy atom. The lowest BCUT2D eigenvalue weighted by Gasteiger charge is -2.30. The molecule has 0 radical (unpaired) electrons. The van der Waals surface area contributed by atoms with Crippen molar-refractivity contribution >= 4 is 17.7 Å². The standard InChI is InChI=1S/C16H18ClFN4O3/c1-16(2,3)25-15(24)21-4-5-22-12(8-21)19-20-14(22)9-6-10(17)13(23)11(18)7-9/h6-7,23H,4-5,8H2,1-3H3. The van der Waals surface area contributed by atoms with E-state index in [9.17, 15) is 14.3 Å². The van der Waals surface area contributed by atoms with Gasteiger partial charge in [-0.1, -0.05) is 11.6 Å². The van der Waals surface area contributed by atoms with Crippen LogP contribution < -0.4 is 0 Å². The average Bonchev–Trinajstić information content (AvgIpc) is 2.93. The van der Waals surface area contributed by atoms with Crippen LogP contribution in [-0.4, -0.2) is 43.0 Å². The molecule has 134 valence electrons. The number of carbonyl (C=O) groups is 1. The molecule has 2 heterocycles. The molecule has 25 heavy (non-hydrogen) atoms. The van der Waals surface area contributed by atoms with Crippen LogP contribution in [0.1, 0.15) is 26.6 Å². The monoisotopic (exact) mass is 368 g/mol. The van der Waals surface area contributed by atoms with Gasteiger partial charge in [-0.2, -0.15) is 0 Å². The van der Waals surface area contributed by atoms with Crippen LogP contribution in [0.5, 0.6) is 5.75 Å². The number of amides is 1. The minimum atomic E-state index is -0.828. The van der Waals surface area contributed by atoms with Gasteiger partial charge in [0.05, 0.1) is 11.6 Å². The predicted molar refractivity (Wildman–Crippen MR) is 88.7 cm³/mol. The van der Waals surface area contributed by atoms with E-state index in [0.29, 0.717) is 30.3 Å². The first-order valence-corrected chi connectivity index (χ1v) is 8.12. The average molecular weight is 369 g/mol. The number of hydrogen-bond donors (Lipinski definition) is 1. The first kappa shape index (κ1) is 17.5. The number of fused-ring (bicyclic) bond motifs is 1. The summed E-state index contributed by atoms with van der Waals surface area (Å²) in [6.07, 6.45) is -0.415. The number of hydrogen-bond acceptors (Lipinski definition) is 5. The summed E-state index contributed by atoms with van der Waals surface area (Å²) in [4.78, 5) is 13.7. The van der Waals surface area contributed by atoms with E-state index in [0.717, 1.165) is 6.07 Å². The molecule has 1 aromatic carbocycles. The Bertz CT molecular complexity index is 808. The van der Waals surface area contributed by atoms with Gasteiger partial charge in [-0.25, -0.2) is 9.18 Å². The lowest BCUT2D eigenvalue weighted by atomic mass is 10.2. The van der Waals surface area contributed by atoms with Crippen molar-refractivity contribution in [3.63, 3.8) is 0 Å². The third-order valence-electron chi connectivity index (χ3n) is 3.68. The van der Waals surface area contributed by atoms with Crippen LogP contribution in [0.25, 0.3) is 11.4 Å². The van der Waals surface area contributed by atoms with Gasteiger partial charge < -0.3 is 14.4 Å². The number of nitrogens with zero attached hydrogens (tertiary/aromatic N) is 4. The number of phenols is 1. The summed E-state index contributed by atoms with van der Waals surface area (Å²) in [5.41, 5.74) is -0.169. The van der Waals surface area contributed by atoms with Crippen molar-refractivity contribution in [1.29, 1.82) is 0 Å². The summed E-state index contributed by atoms with van der Waals surface area (Å²) < 4.78 is 20.9. The molecule has 1 amide bonds. The molecule has 0 saturated carbocycles. The number of ether oxygens (including phenoxy) is 1. The molecule has 1 aliphatic rings. The maximum atomic E-state index is 13.7. The molecule has 0 fully saturated rings. The summed E-state index contributed by atoms with van der Waals surface area (Å²) in [5, 5.41) is 17.5. The molecule has 0 saturated heterocycles. The minimum absolute atomic E-state index is 0.0986. The molecule has 0 aliphatic carbocycles. The summed E-state index contributed by atoms with van der Waals surface area (Å²) in [7, 11) is 0. The number of rotatable bonds is 1. The lowest BCUT2D eigenvalue weighted by Crippen LogP contribution is -2.41. The molecular formula is C16H18ClFN4O3. The van der Waals surface area contributed by atoms with Crippen LogP contribution in [0.4, 0.5) is 9.18 Å². The molecule has 1 aliphatic heterocycles. The number of halogens is 2. The second-order valence-electron chi connectivity index (χ2n) is 6.78. The van der Waals surface area contributed by atoms with Crippen LogP contribution in [-0.2, 0) is 17.8 Å². The van der Waals surface area contributed by atoms with Crippen molar-refractivity contribution in [3.05, 3.63) is 28.8 Å². The van der Waals surface area contributed by atoms with E-state index in [4.69, 9.17) is 16.3 Å². The van der Waals surface area contributed by atoms with E-state index >= 15 is 0 Å². The maximum Gasteiger partial charge on any atom is 0.410 e.